The Balaban J connectivity index is 1.69. The molecule has 1 aromatic rings. The molecule has 3 unspecified atom stereocenters. The van der Waals surface area contributed by atoms with Crippen LogP contribution in [-0.4, -0.2) is 11.0 Å². The van der Waals surface area contributed by atoms with Gasteiger partial charge in [-0.15, -0.1) is 11.3 Å². The third-order valence-electron chi connectivity index (χ3n) is 3.56. The number of thiazole rings is 1. The molecule has 3 rings (SSSR count). The Hall–Kier alpha value is -0.410. The molecule has 3 atom stereocenters. The number of hydrogen-bond donors (Lipinski definition) is 1. The summed E-state index contributed by atoms with van der Waals surface area (Å²) in [5, 5.41) is 4.96. The average molecular weight is 222 g/mol. The predicted octanol–water partition coefficient (Wildman–Crippen LogP) is 2.69. The van der Waals surface area contributed by atoms with Crippen molar-refractivity contribution in [3.63, 3.8) is 0 Å². The molecule has 0 radical (unpaired) electrons. The van der Waals surface area contributed by atoms with Crippen molar-refractivity contribution in [2.45, 2.75) is 51.6 Å². The van der Waals surface area contributed by atoms with Gasteiger partial charge in [0.1, 0.15) is 5.01 Å². The summed E-state index contributed by atoms with van der Waals surface area (Å²) >= 11 is 1.93. The lowest BCUT2D eigenvalue weighted by atomic mass is 10.3. The molecule has 3 heteroatoms. The standard InChI is InChI=1S/C12H18N2S/c1-7-6-10(7)13-8(2)12-14-9-4-3-5-11(9)15-12/h7-8,10,13H,3-6H2,1-2H3. The summed E-state index contributed by atoms with van der Waals surface area (Å²) in [6, 6.07) is 1.20. The number of fused-ring (bicyclic) bond motifs is 1. The third-order valence-corrected chi connectivity index (χ3v) is 4.90. The smallest absolute Gasteiger partial charge is 0.110 e. The Morgan fingerprint density at radius 1 is 1.47 bits per heavy atom. The molecule has 15 heavy (non-hydrogen) atoms. The lowest BCUT2D eigenvalue weighted by molar-refractivity contribution is 0.548. The van der Waals surface area contributed by atoms with E-state index in [-0.39, 0.29) is 0 Å². The molecule has 0 aliphatic heterocycles. The monoisotopic (exact) mass is 222 g/mol. The maximum absolute atomic E-state index is 4.75. The Bertz CT molecular complexity index is 350. The normalized spacial score (nSPS) is 30.3. The largest absolute Gasteiger partial charge is 0.305 e. The van der Waals surface area contributed by atoms with E-state index in [1.54, 1.807) is 4.88 Å². The first kappa shape index (κ1) is 9.79. The van der Waals surface area contributed by atoms with Crippen LogP contribution in [0.2, 0.25) is 0 Å². The number of nitrogens with zero attached hydrogens (tertiary/aromatic N) is 1. The van der Waals surface area contributed by atoms with E-state index in [1.807, 2.05) is 11.3 Å². The Morgan fingerprint density at radius 3 is 2.93 bits per heavy atom. The van der Waals surface area contributed by atoms with E-state index in [4.69, 9.17) is 4.98 Å². The Kier molecular flexibility index (Phi) is 2.33. The number of nitrogens with one attached hydrogen (secondary N) is 1. The van der Waals surface area contributed by atoms with E-state index < -0.39 is 0 Å². The number of rotatable bonds is 3. The van der Waals surface area contributed by atoms with Crippen LogP contribution in [0.5, 0.6) is 0 Å². The van der Waals surface area contributed by atoms with Crippen molar-refractivity contribution in [3.05, 3.63) is 15.6 Å². The van der Waals surface area contributed by atoms with Gasteiger partial charge in [0.15, 0.2) is 0 Å². The highest BCUT2D eigenvalue weighted by Gasteiger charge is 2.34. The summed E-state index contributed by atoms with van der Waals surface area (Å²) < 4.78 is 0. The molecular formula is C12H18N2S. The van der Waals surface area contributed by atoms with Gasteiger partial charge in [-0.25, -0.2) is 4.98 Å². The van der Waals surface area contributed by atoms with Crippen LogP contribution < -0.4 is 5.32 Å². The van der Waals surface area contributed by atoms with Crippen LogP contribution in [0.1, 0.15) is 48.3 Å². The first-order valence-corrected chi connectivity index (χ1v) is 6.80. The molecule has 1 N–H and O–H groups in total. The van der Waals surface area contributed by atoms with Gasteiger partial charge in [0.2, 0.25) is 0 Å². The molecule has 0 saturated heterocycles. The molecule has 1 fully saturated rings. The fraction of sp³-hybridized carbons (Fsp3) is 0.750. The van der Waals surface area contributed by atoms with Crippen LogP contribution in [0.3, 0.4) is 0 Å². The van der Waals surface area contributed by atoms with Crippen LogP contribution in [0.4, 0.5) is 0 Å². The van der Waals surface area contributed by atoms with Gasteiger partial charge >= 0.3 is 0 Å². The lowest BCUT2D eigenvalue weighted by Crippen LogP contribution is -2.21. The molecule has 0 spiro atoms. The fourth-order valence-electron chi connectivity index (χ4n) is 2.34. The molecule has 0 amide bonds. The molecule has 0 aromatic carbocycles. The van der Waals surface area contributed by atoms with Gasteiger partial charge in [0.05, 0.1) is 11.7 Å². The third kappa shape index (κ3) is 1.83. The quantitative estimate of drug-likeness (QED) is 0.850. The van der Waals surface area contributed by atoms with Gasteiger partial charge in [0.25, 0.3) is 0 Å². The Morgan fingerprint density at radius 2 is 2.27 bits per heavy atom. The molecule has 1 saturated carbocycles. The van der Waals surface area contributed by atoms with Crippen molar-refractivity contribution in [1.29, 1.82) is 0 Å². The van der Waals surface area contributed by atoms with Gasteiger partial charge in [-0.2, -0.15) is 0 Å². The van der Waals surface area contributed by atoms with Gasteiger partial charge < -0.3 is 5.32 Å². The second-order valence-corrected chi connectivity index (χ2v) is 6.10. The molecule has 1 heterocycles. The van der Waals surface area contributed by atoms with E-state index in [9.17, 15) is 0 Å². The van der Waals surface area contributed by atoms with Crippen LogP contribution >= 0.6 is 11.3 Å². The molecule has 2 aliphatic carbocycles. The maximum atomic E-state index is 4.75. The van der Waals surface area contributed by atoms with Gasteiger partial charge in [0, 0.05) is 10.9 Å². The molecule has 0 bridgehead atoms. The van der Waals surface area contributed by atoms with Crippen LogP contribution in [0, 0.1) is 5.92 Å². The first-order chi connectivity index (χ1) is 7.24. The van der Waals surface area contributed by atoms with Crippen molar-refractivity contribution in [3.8, 4) is 0 Å². The maximum Gasteiger partial charge on any atom is 0.110 e. The van der Waals surface area contributed by atoms with Gasteiger partial charge in [-0.1, -0.05) is 6.92 Å². The molecule has 1 aromatic heterocycles. The van der Waals surface area contributed by atoms with Crippen LogP contribution in [-0.2, 0) is 12.8 Å². The summed E-state index contributed by atoms with van der Waals surface area (Å²) in [5.74, 6) is 0.874. The second-order valence-electron chi connectivity index (χ2n) is 4.98. The van der Waals surface area contributed by atoms with E-state index in [0.717, 1.165) is 12.0 Å². The van der Waals surface area contributed by atoms with Gasteiger partial charge in [-0.05, 0) is 38.5 Å². The van der Waals surface area contributed by atoms with Crippen molar-refractivity contribution >= 4 is 11.3 Å². The summed E-state index contributed by atoms with van der Waals surface area (Å²) in [4.78, 5) is 6.30. The second kappa shape index (κ2) is 3.56. The predicted molar refractivity (Wildman–Crippen MR) is 63.3 cm³/mol. The zero-order chi connectivity index (χ0) is 10.4. The van der Waals surface area contributed by atoms with Crippen molar-refractivity contribution < 1.29 is 0 Å². The van der Waals surface area contributed by atoms with E-state index in [2.05, 4.69) is 19.2 Å². The minimum absolute atomic E-state index is 0.454. The molecule has 2 aliphatic rings. The lowest BCUT2D eigenvalue weighted by Gasteiger charge is -2.10. The molecule has 82 valence electrons. The first-order valence-electron chi connectivity index (χ1n) is 5.98. The summed E-state index contributed by atoms with van der Waals surface area (Å²) in [6.07, 6.45) is 5.13. The fourth-order valence-corrected chi connectivity index (χ4v) is 3.51. The zero-order valence-electron chi connectivity index (χ0n) is 9.42. The van der Waals surface area contributed by atoms with Crippen molar-refractivity contribution in [2.75, 3.05) is 0 Å². The highest BCUT2D eigenvalue weighted by atomic mass is 32.1. The summed E-state index contributed by atoms with van der Waals surface area (Å²) in [5.41, 5.74) is 1.38. The van der Waals surface area contributed by atoms with E-state index in [1.165, 1.54) is 36.4 Å². The highest BCUT2D eigenvalue weighted by molar-refractivity contribution is 7.11. The molecule has 2 nitrogen and oxygen atoms in total. The minimum Gasteiger partial charge on any atom is -0.305 e. The van der Waals surface area contributed by atoms with Gasteiger partial charge in [-0.3, -0.25) is 0 Å². The van der Waals surface area contributed by atoms with Crippen molar-refractivity contribution in [1.82, 2.24) is 10.3 Å². The number of hydrogen-bond acceptors (Lipinski definition) is 3. The number of aryl methyl sites for hydroxylation is 2. The average Bonchev–Trinajstić information content (AvgIpc) is 2.66. The SMILES string of the molecule is CC(NC1CC1C)c1nc2c(s1)CCC2. The summed E-state index contributed by atoms with van der Waals surface area (Å²) in [6.45, 7) is 4.56. The highest BCUT2D eigenvalue weighted by Crippen LogP contribution is 2.34. The summed E-state index contributed by atoms with van der Waals surface area (Å²) in [7, 11) is 0. The Labute approximate surface area is 95.1 Å². The minimum atomic E-state index is 0.454. The van der Waals surface area contributed by atoms with Crippen LogP contribution in [0.15, 0.2) is 0 Å². The van der Waals surface area contributed by atoms with Crippen molar-refractivity contribution in [2.24, 2.45) is 5.92 Å². The topological polar surface area (TPSA) is 24.9 Å². The van der Waals surface area contributed by atoms with Crippen LogP contribution in [0.25, 0.3) is 0 Å². The molecular weight excluding hydrogens is 204 g/mol. The number of aromatic nitrogens is 1. The van der Waals surface area contributed by atoms with E-state index in [0.29, 0.717) is 6.04 Å². The van der Waals surface area contributed by atoms with E-state index >= 15 is 0 Å². The zero-order valence-corrected chi connectivity index (χ0v) is 10.2.